The molecule has 0 aliphatic heterocycles. The molecule has 0 aromatic rings. The average molecular weight is 308 g/mol. The molecule has 72 valence electrons. The number of alkyl halides is 6. The van der Waals surface area contributed by atoms with Gasteiger partial charge in [0.1, 0.15) is 0 Å². The largest absolute Gasteiger partial charge is 0.445 e. The first kappa shape index (κ1) is 12.0. The maximum absolute atomic E-state index is 11.8. The molecule has 0 saturated heterocycles. The second-order valence-corrected chi connectivity index (χ2v) is 2.98. The summed E-state index contributed by atoms with van der Waals surface area (Å²) in [5.74, 6) is -6.52. The van der Waals surface area contributed by atoms with Crippen LogP contribution >= 0.6 is 22.6 Å². The highest BCUT2D eigenvalue weighted by Gasteiger charge is 2.45. The summed E-state index contributed by atoms with van der Waals surface area (Å²) in [4.78, 5) is 0. The first-order chi connectivity index (χ1) is 5.07. The van der Waals surface area contributed by atoms with E-state index in [0.717, 1.165) is 0 Å². The van der Waals surface area contributed by atoms with Gasteiger partial charge in [-0.1, -0.05) is 0 Å². The van der Waals surface area contributed by atoms with Crippen LogP contribution in [0.2, 0.25) is 0 Å². The van der Waals surface area contributed by atoms with Gasteiger partial charge in [-0.15, -0.1) is 0 Å². The van der Waals surface area contributed by atoms with E-state index >= 15 is 0 Å². The Morgan fingerprint density at radius 2 is 1.17 bits per heavy atom. The Morgan fingerprint density at radius 1 is 0.833 bits per heavy atom. The van der Waals surface area contributed by atoms with E-state index in [0.29, 0.717) is 0 Å². The highest BCUT2D eigenvalue weighted by molar-refractivity contribution is 14.1. The van der Waals surface area contributed by atoms with Crippen molar-refractivity contribution in [2.75, 3.05) is 0 Å². The fourth-order valence-electron chi connectivity index (χ4n) is 0.249. The maximum Gasteiger partial charge on any atom is 0.445 e. The van der Waals surface area contributed by atoms with Gasteiger partial charge in [0.15, 0.2) is 0 Å². The number of allylic oxidation sites excluding steroid dienone is 2. The lowest BCUT2D eigenvalue weighted by Gasteiger charge is -2.08. The molecule has 0 saturated carbocycles. The van der Waals surface area contributed by atoms with Crippen LogP contribution in [0.1, 0.15) is 0 Å². The zero-order chi connectivity index (χ0) is 10.2. The van der Waals surface area contributed by atoms with Crippen LogP contribution in [0.5, 0.6) is 0 Å². The van der Waals surface area contributed by atoms with E-state index in [1.54, 1.807) is 0 Å². The zero-order valence-electron chi connectivity index (χ0n) is 5.02. The third-order valence-corrected chi connectivity index (χ3v) is 1.16. The van der Waals surface area contributed by atoms with Crippen LogP contribution in [-0.2, 0) is 0 Å². The summed E-state index contributed by atoms with van der Waals surface area (Å²) in [5, 5.41) is 0. The summed E-state index contributed by atoms with van der Waals surface area (Å²) < 4.78 is 76.1. The van der Waals surface area contributed by atoms with Crippen molar-refractivity contribution in [3.05, 3.63) is 11.7 Å². The van der Waals surface area contributed by atoms with E-state index in [-0.39, 0.29) is 22.6 Å². The number of halogens is 8. The Hall–Kier alpha value is -0.0200. The Bertz CT molecular complexity index is 174. The smallest absolute Gasteiger partial charge is 0.201 e. The minimum absolute atomic E-state index is 0.0516. The van der Waals surface area contributed by atoms with Gasteiger partial charge in [-0.25, -0.2) is 4.39 Å². The van der Waals surface area contributed by atoms with E-state index in [9.17, 15) is 30.7 Å². The molecule has 0 spiro atoms. The van der Waals surface area contributed by atoms with Gasteiger partial charge >= 0.3 is 10.1 Å². The van der Waals surface area contributed by atoms with Gasteiger partial charge in [0.05, 0.1) is 0 Å². The van der Waals surface area contributed by atoms with Gasteiger partial charge < -0.3 is 0 Å². The minimum atomic E-state index is -5.71. The van der Waals surface area contributed by atoms with Gasteiger partial charge in [-0.2, -0.15) is 26.3 Å². The maximum atomic E-state index is 11.8. The molecule has 0 aromatic heterocycles. The molecule has 0 unspecified atom stereocenters. The molecule has 0 amide bonds. The van der Waals surface area contributed by atoms with Gasteiger partial charge in [0.25, 0.3) is 0 Å². The van der Waals surface area contributed by atoms with Crippen LogP contribution in [0.25, 0.3) is 0 Å². The number of hydrogen-bond donors (Lipinski definition) is 0. The molecule has 0 atom stereocenters. The first-order valence-electron chi connectivity index (χ1n) is 2.26. The monoisotopic (exact) mass is 308 g/mol. The van der Waals surface area contributed by atoms with Crippen LogP contribution in [0.3, 0.4) is 0 Å². The van der Waals surface area contributed by atoms with Gasteiger partial charge in [0, 0.05) is 22.6 Å². The minimum Gasteiger partial charge on any atom is -0.201 e. The van der Waals surface area contributed by atoms with Crippen LogP contribution in [0, 0.1) is 0 Å². The van der Waals surface area contributed by atoms with Crippen LogP contribution in [0.4, 0.5) is 30.7 Å². The molecular weight excluding hydrogens is 308 g/mol. The summed E-state index contributed by atoms with van der Waals surface area (Å²) in [7, 11) is 0. The molecule has 0 heterocycles. The van der Waals surface area contributed by atoms with Crippen molar-refractivity contribution in [3.63, 3.8) is 0 Å². The fraction of sp³-hybridized carbons (Fsp3) is 0.500. The Balaban J connectivity index is 4.96. The van der Waals surface area contributed by atoms with Crippen molar-refractivity contribution < 1.29 is 30.7 Å². The number of rotatable bonds is 1. The van der Waals surface area contributed by atoms with Gasteiger partial charge in [-0.05, 0) is 0 Å². The normalized spacial score (nSPS) is 16.0. The third kappa shape index (κ3) is 3.15. The summed E-state index contributed by atoms with van der Waals surface area (Å²) in [6.45, 7) is 0. The molecule has 0 aliphatic carbocycles. The van der Waals surface area contributed by atoms with Gasteiger partial charge in [-0.3, -0.25) is 0 Å². The quantitative estimate of drug-likeness (QED) is 0.393. The molecule has 0 aromatic carbocycles. The molecule has 0 aliphatic rings. The lowest BCUT2D eigenvalue weighted by molar-refractivity contribution is -0.113. The molecule has 0 fully saturated rings. The van der Waals surface area contributed by atoms with Crippen molar-refractivity contribution in [1.29, 1.82) is 0 Å². The predicted molar refractivity (Wildman–Crippen MR) is 34.3 cm³/mol. The fourth-order valence-corrected chi connectivity index (χ4v) is 0.486. The van der Waals surface area contributed by atoms with E-state index in [4.69, 9.17) is 0 Å². The molecule has 0 nitrogen and oxygen atoms in total. The Labute approximate surface area is 75.6 Å². The lowest BCUT2D eigenvalue weighted by Crippen LogP contribution is -2.16. The molecule has 12 heavy (non-hydrogen) atoms. The summed E-state index contributed by atoms with van der Waals surface area (Å²) in [5.41, 5.74) is 0. The Kier molecular flexibility index (Phi) is 3.38. The van der Waals surface area contributed by atoms with E-state index in [1.807, 2.05) is 0 Å². The molecule has 0 bridgehead atoms. The molecule has 0 rings (SSSR count). The predicted octanol–water partition coefficient (Wildman–Crippen LogP) is 3.73. The lowest BCUT2D eigenvalue weighted by atomic mass is 10.4. The number of hydrogen-bond acceptors (Lipinski definition) is 0. The second kappa shape index (κ2) is 3.38. The standard InChI is InChI=1S/C4F7I/c5-1(3(7,8)9)2(6)4(10,11)12. The Morgan fingerprint density at radius 3 is 1.25 bits per heavy atom. The van der Waals surface area contributed by atoms with Crippen LogP contribution in [-0.4, -0.2) is 10.1 Å². The van der Waals surface area contributed by atoms with Gasteiger partial charge in [0.2, 0.25) is 11.7 Å². The highest BCUT2D eigenvalue weighted by Crippen LogP contribution is 2.40. The topological polar surface area (TPSA) is 0 Å². The summed E-state index contributed by atoms with van der Waals surface area (Å²) >= 11 is 0.0516. The van der Waals surface area contributed by atoms with Crippen LogP contribution < -0.4 is 0 Å². The summed E-state index contributed by atoms with van der Waals surface area (Å²) in [6.07, 6.45) is -5.71. The first-order valence-corrected chi connectivity index (χ1v) is 3.34. The third-order valence-electron chi connectivity index (χ3n) is 0.690. The second-order valence-electron chi connectivity index (χ2n) is 1.62. The SMILES string of the molecule is FC(=C(F)C(F)(F)I)C(F)(F)F. The van der Waals surface area contributed by atoms with Crippen molar-refractivity contribution in [3.8, 4) is 0 Å². The molecule has 0 N–H and O–H groups in total. The van der Waals surface area contributed by atoms with E-state index in [1.165, 1.54) is 0 Å². The zero-order valence-corrected chi connectivity index (χ0v) is 7.18. The average Bonchev–Trinajstić information content (AvgIpc) is 1.80. The van der Waals surface area contributed by atoms with Crippen molar-refractivity contribution in [1.82, 2.24) is 0 Å². The van der Waals surface area contributed by atoms with Crippen LogP contribution in [0.15, 0.2) is 11.7 Å². The van der Waals surface area contributed by atoms with E-state index < -0.39 is 21.8 Å². The van der Waals surface area contributed by atoms with Crippen molar-refractivity contribution in [2.45, 2.75) is 10.1 Å². The molecule has 0 radical (unpaired) electrons. The van der Waals surface area contributed by atoms with Crippen molar-refractivity contribution in [2.24, 2.45) is 0 Å². The van der Waals surface area contributed by atoms with Crippen molar-refractivity contribution >= 4 is 22.6 Å². The highest BCUT2D eigenvalue weighted by atomic mass is 127. The summed E-state index contributed by atoms with van der Waals surface area (Å²) in [6, 6.07) is 0. The molecule has 8 heteroatoms. The van der Waals surface area contributed by atoms with E-state index in [2.05, 4.69) is 0 Å². The molecular formula is C4F7I.